The first-order valence-electron chi connectivity index (χ1n) is 7.03. The summed E-state index contributed by atoms with van der Waals surface area (Å²) in [6, 6.07) is 7.27. The molecule has 0 fully saturated rings. The van der Waals surface area contributed by atoms with Gasteiger partial charge in [0.1, 0.15) is 0 Å². The molecule has 0 radical (unpaired) electrons. The number of allylic oxidation sites excluding steroid dienone is 4. The molecule has 0 saturated heterocycles. The largest absolute Gasteiger partial charge is 0.399 e. The van der Waals surface area contributed by atoms with Crippen molar-refractivity contribution in [2.45, 2.75) is 13.8 Å². The number of anilines is 1. The zero-order chi connectivity index (χ0) is 15.0. The van der Waals surface area contributed by atoms with Crippen LogP contribution < -0.4 is 11.2 Å². The Morgan fingerprint density at radius 3 is 2.71 bits per heavy atom. The molecule has 0 amide bonds. The first-order valence-corrected chi connectivity index (χ1v) is 7.03. The van der Waals surface area contributed by atoms with Gasteiger partial charge in [0.2, 0.25) is 0 Å². The third-order valence-corrected chi connectivity index (χ3v) is 3.95. The molecule has 1 aliphatic heterocycles. The van der Waals surface area contributed by atoms with E-state index in [1.54, 1.807) is 12.1 Å². The second-order valence-electron chi connectivity index (χ2n) is 5.58. The molecule has 0 aromatic heterocycles. The fourth-order valence-electron chi connectivity index (χ4n) is 2.48. The number of nitrogen functional groups attached to an aromatic ring is 1. The molecule has 1 aromatic carbocycles. The molecule has 1 heterocycles. The van der Waals surface area contributed by atoms with E-state index < -0.39 is 0 Å². The highest BCUT2D eigenvalue weighted by Crippen LogP contribution is 2.30. The van der Waals surface area contributed by atoms with E-state index in [2.05, 4.69) is 19.3 Å². The summed E-state index contributed by atoms with van der Waals surface area (Å²) < 4.78 is 0. The van der Waals surface area contributed by atoms with Crippen LogP contribution in [0.25, 0.3) is 5.76 Å². The van der Waals surface area contributed by atoms with E-state index in [0.717, 1.165) is 11.3 Å². The molecule has 3 N–H and O–H groups in total. The van der Waals surface area contributed by atoms with Crippen molar-refractivity contribution in [2.24, 2.45) is 11.8 Å². The van der Waals surface area contributed by atoms with Gasteiger partial charge in [0.15, 0.2) is 11.5 Å². The van der Waals surface area contributed by atoms with Crippen LogP contribution in [0.4, 0.5) is 5.69 Å². The van der Waals surface area contributed by atoms with E-state index in [1.807, 2.05) is 24.3 Å². The van der Waals surface area contributed by atoms with Crippen molar-refractivity contribution in [3.05, 3.63) is 59.3 Å². The standard InChI is InChI=1S/C17H18N2O2/c1-10-6-14-15(7-11(10)2)19-21-17(9-16(14)20)12-4-3-5-13(18)8-12/h3-11,19H,18H2,1-2H3. The number of rotatable bonds is 1. The zero-order valence-corrected chi connectivity index (χ0v) is 12.1. The Balaban J connectivity index is 1.98. The molecule has 0 spiro atoms. The Morgan fingerprint density at radius 1 is 1.19 bits per heavy atom. The number of benzene rings is 1. The number of carbonyl (C=O) groups is 1. The number of ketones is 1. The minimum Gasteiger partial charge on any atom is -0.399 e. The summed E-state index contributed by atoms with van der Waals surface area (Å²) in [4.78, 5) is 18.0. The van der Waals surface area contributed by atoms with Gasteiger partial charge in [0.25, 0.3) is 0 Å². The van der Waals surface area contributed by atoms with Crippen LogP contribution in [-0.2, 0) is 9.63 Å². The highest BCUT2D eigenvalue weighted by Gasteiger charge is 2.26. The molecule has 2 aliphatic rings. The lowest BCUT2D eigenvalue weighted by molar-refractivity contribution is -0.111. The normalized spacial score (nSPS) is 24.7. The maximum absolute atomic E-state index is 12.4. The lowest BCUT2D eigenvalue weighted by atomic mass is 9.85. The molecule has 4 nitrogen and oxygen atoms in total. The summed E-state index contributed by atoms with van der Waals surface area (Å²) in [6.45, 7) is 4.22. The molecule has 21 heavy (non-hydrogen) atoms. The molecule has 0 bridgehead atoms. The molecule has 0 saturated carbocycles. The van der Waals surface area contributed by atoms with Crippen molar-refractivity contribution in [1.29, 1.82) is 0 Å². The van der Waals surface area contributed by atoms with E-state index in [-0.39, 0.29) is 5.78 Å². The molecule has 2 unspecified atom stereocenters. The van der Waals surface area contributed by atoms with E-state index in [4.69, 9.17) is 10.6 Å². The predicted octanol–water partition coefficient (Wildman–Crippen LogP) is 2.81. The van der Waals surface area contributed by atoms with Gasteiger partial charge in [-0.25, -0.2) is 5.48 Å². The minimum absolute atomic E-state index is 0.0533. The second-order valence-corrected chi connectivity index (χ2v) is 5.58. The van der Waals surface area contributed by atoms with Crippen LogP contribution in [-0.4, -0.2) is 5.78 Å². The van der Waals surface area contributed by atoms with E-state index >= 15 is 0 Å². The number of hydroxylamine groups is 1. The fourth-order valence-corrected chi connectivity index (χ4v) is 2.48. The Labute approximate surface area is 123 Å². The van der Waals surface area contributed by atoms with Gasteiger partial charge in [-0.15, -0.1) is 0 Å². The van der Waals surface area contributed by atoms with E-state index in [1.165, 1.54) is 6.08 Å². The van der Waals surface area contributed by atoms with Crippen LogP contribution in [0.5, 0.6) is 0 Å². The first-order chi connectivity index (χ1) is 10.0. The third kappa shape index (κ3) is 2.57. The third-order valence-electron chi connectivity index (χ3n) is 3.95. The molecule has 108 valence electrons. The summed E-state index contributed by atoms with van der Waals surface area (Å²) in [5.74, 6) is 1.12. The monoisotopic (exact) mass is 282 g/mol. The van der Waals surface area contributed by atoms with Crippen molar-refractivity contribution in [2.75, 3.05) is 5.73 Å². The van der Waals surface area contributed by atoms with Crippen LogP contribution in [0.3, 0.4) is 0 Å². The molecule has 1 aliphatic carbocycles. The Kier molecular flexibility index (Phi) is 3.29. The summed E-state index contributed by atoms with van der Waals surface area (Å²) in [5.41, 5.74) is 11.5. The van der Waals surface area contributed by atoms with Crippen LogP contribution >= 0.6 is 0 Å². The molecule has 1 aromatic rings. The van der Waals surface area contributed by atoms with Gasteiger partial charge >= 0.3 is 0 Å². The SMILES string of the molecule is CC1C=C2NOC(c3cccc(N)c3)=CC(=O)C2=CC1C. The highest BCUT2D eigenvalue weighted by molar-refractivity contribution is 6.10. The van der Waals surface area contributed by atoms with Crippen LogP contribution in [0, 0.1) is 11.8 Å². The van der Waals surface area contributed by atoms with Gasteiger partial charge in [-0.2, -0.15) is 0 Å². The second kappa shape index (κ2) is 5.13. The lowest BCUT2D eigenvalue weighted by Crippen LogP contribution is -2.21. The average molecular weight is 282 g/mol. The minimum atomic E-state index is -0.0533. The van der Waals surface area contributed by atoms with Crippen molar-refractivity contribution in [3.63, 3.8) is 0 Å². The van der Waals surface area contributed by atoms with Crippen LogP contribution in [0.1, 0.15) is 19.4 Å². The van der Waals surface area contributed by atoms with E-state index in [0.29, 0.717) is 28.9 Å². The van der Waals surface area contributed by atoms with Crippen LogP contribution in [0.15, 0.2) is 53.8 Å². The zero-order valence-electron chi connectivity index (χ0n) is 12.1. The Hall–Kier alpha value is -2.49. The maximum Gasteiger partial charge on any atom is 0.191 e. The average Bonchev–Trinajstić information content (AvgIpc) is 2.60. The van der Waals surface area contributed by atoms with Gasteiger partial charge in [-0.3, -0.25) is 4.79 Å². The van der Waals surface area contributed by atoms with Crippen molar-refractivity contribution >= 4 is 17.2 Å². The Morgan fingerprint density at radius 2 is 1.95 bits per heavy atom. The molecule has 4 heteroatoms. The van der Waals surface area contributed by atoms with Gasteiger partial charge < -0.3 is 10.6 Å². The summed E-state index contributed by atoms with van der Waals surface area (Å²) in [5, 5.41) is 0. The lowest BCUT2D eigenvalue weighted by Gasteiger charge is -2.22. The van der Waals surface area contributed by atoms with Gasteiger partial charge in [-0.1, -0.05) is 38.1 Å². The first kappa shape index (κ1) is 13.5. The molecular weight excluding hydrogens is 264 g/mol. The number of nitrogens with two attached hydrogens (primary N) is 1. The van der Waals surface area contributed by atoms with Crippen LogP contribution in [0.2, 0.25) is 0 Å². The van der Waals surface area contributed by atoms with E-state index in [9.17, 15) is 4.79 Å². The topological polar surface area (TPSA) is 64.3 Å². The fraction of sp³-hybridized carbons (Fsp3) is 0.235. The quantitative estimate of drug-likeness (QED) is 0.777. The maximum atomic E-state index is 12.4. The number of nitrogens with one attached hydrogen (secondary N) is 1. The van der Waals surface area contributed by atoms with Crippen molar-refractivity contribution in [1.82, 2.24) is 5.48 Å². The summed E-state index contributed by atoms with van der Waals surface area (Å²) >= 11 is 0. The number of carbonyl (C=O) groups excluding carboxylic acids is 1. The number of fused-ring (bicyclic) bond motifs is 1. The molecular formula is C17H18N2O2. The van der Waals surface area contributed by atoms with Crippen molar-refractivity contribution < 1.29 is 9.63 Å². The summed E-state index contributed by atoms with van der Waals surface area (Å²) in [6.07, 6.45) is 5.54. The molecule has 3 rings (SSSR count). The predicted molar refractivity (Wildman–Crippen MR) is 82.6 cm³/mol. The van der Waals surface area contributed by atoms with Crippen molar-refractivity contribution in [3.8, 4) is 0 Å². The smallest absolute Gasteiger partial charge is 0.191 e. The molecule has 2 atom stereocenters. The Bertz CT molecular complexity index is 686. The van der Waals surface area contributed by atoms with Gasteiger partial charge in [0, 0.05) is 22.9 Å². The highest BCUT2D eigenvalue weighted by atomic mass is 16.6. The summed E-state index contributed by atoms with van der Waals surface area (Å²) in [7, 11) is 0. The van der Waals surface area contributed by atoms with Gasteiger partial charge in [0.05, 0.1) is 5.70 Å². The number of hydrogen-bond donors (Lipinski definition) is 2. The number of hydrogen-bond acceptors (Lipinski definition) is 4. The van der Waals surface area contributed by atoms with Gasteiger partial charge in [-0.05, 0) is 24.0 Å².